The number of pyridine rings is 1. The molecule has 1 aromatic carbocycles. The van der Waals surface area contributed by atoms with E-state index in [0.717, 1.165) is 38.6 Å². The van der Waals surface area contributed by atoms with Crippen molar-refractivity contribution in [2.24, 2.45) is 5.92 Å². The quantitative estimate of drug-likeness (QED) is 0.748. The predicted octanol–water partition coefficient (Wildman–Crippen LogP) is 3.14. The van der Waals surface area contributed by atoms with E-state index in [1.54, 1.807) is 0 Å². The molecule has 3 heteroatoms. The Morgan fingerprint density at radius 3 is 3.00 bits per heavy atom. The Balaban J connectivity index is 1.40. The Labute approximate surface area is 120 Å². The summed E-state index contributed by atoms with van der Waals surface area (Å²) in [6.45, 7) is 3.70. The monoisotopic (exact) mass is 270 g/mol. The van der Waals surface area contributed by atoms with Gasteiger partial charge in [-0.3, -0.25) is 4.98 Å². The van der Waals surface area contributed by atoms with E-state index < -0.39 is 0 Å². The average Bonchev–Trinajstić information content (AvgIpc) is 3.30. The van der Waals surface area contributed by atoms with Crippen LogP contribution in [-0.4, -0.2) is 24.7 Å². The van der Waals surface area contributed by atoms with Crippen LogP contribution in [0.2, 0.25) is 0 Å². The lowest BCUT2D eigenvalue weighted by Gasteiger charge is -2.08. The third-order valence-electron chi connectivity index (χ3n) is 3.76. The van der Waals surface area contributed by atoms with Crippen LogP contribution in [0.3, 0.4) is 0 Å². The van der Waals surface area contributed by atoms with Gasteiger partial charge in [-0.2, -0.15) is 0 Å². The molecule has 3 rings (SSSR count). The summed E-state index contributed by atoms with van der Waals surface area (Å²) in [4.78, 5) is 4.30. The first-order valence-electron chi connectivity index (χ1n) is 7.53. The zero-order valence-corrected chi connectivity index (χ0v) is 11.8. The van der Waals surface area contributed by atoms with Gasteiger partial charge in [-0.1, -0.05) is 24.3 Å². The highest BCUT2D eigenvalue weighted by atomic mass is 16.5. The summed E-state index contributed by atoms with van der Waals surface area (Å²) in [5.41, 5.74) is 1.27. The number of rotatable bonds is 8. The Morgan fingerprint density at radius 1 is 1.20 bits per heavy atom. The predicted molar refractivity (Wildman–Crippen MR) is 81.6 cm³/mol. The van der Waals surface area contributed by atoms with Gasteiger partial charge in [0.25, 0.3) is 0 Å². The largest absolute Gasteiger partial charge is 0.381 e. The van der Waals surface area contributed by atoms with Crippen LogP contribution in [0.5, 0.6) is 0 Å². The van der Waals surface area contributed by atoms with Gasteiger partial charge in [0.2, 0.25) is 0 Å². The smallest absolute Gasteiger partial charge is 0.0494 e. The number of aromatic nitrogens is 1. The van der Waals surface area contributed by atoms with Gasteiger partial charge < -0.3 is 10.1 Å². The molecule has 0 unspecified atom stereocenters. The van der Waals surface area contributed by atoms with Gasteiger partial charge in [0.1, 0.15) is 0 Å². The fourth-order valence-electron chi connectivity index (χ4n) is 2.38. The second-order valence-electron chi connectivity index (χ2n) is 5.57. The fraction of sp³-hybridized carbons (Fsp3) is 0.471. The van der Waals surface area contributed by atoms with Gasteiger partial charge in [0.05, 0.1) is 0 Å². The van der Waals surface area contributed by atoms with E-state index in [-0.39, 0.29) is 0 Å². The van der Waals surface area contributed by atoms with Gasteiger partial charge >= 0.3 is 0 Å². The molecule has 0 aliphatic heterocycles. The fourth-order valence-corrected chi connectivity index (χ4v) is 2.38. The van der Waals surface area contributed by atoms with Crippen LogP contribution >= 0.6 is 0 Å². The van der Waals surface area contributed by atoms with Crippen molar-refractivity contribution < 1.29 is 4.74 Å². The number of hydrogen-bond donors (Lipinski definition) is 1. The van der Waals surface area contributed by atoms with E-state index in [1.165, 1.54) is 29.2 Å². The van der Waals surface area contributed by atoms with E-state index in [9.17, 15) is 0 Å². The second-order valence-corrected chi connectivity index (χ2v) is 5.57. The standard InChI is InChI=1S/C17H22N2O/c1-2-5-17-15(4-1)10-19-12-16(17)11-18-8-3-9-20-13-14-6-7-14/h1-2,4-5,10,12,14,18H,3,6-9,11,13H2. The van der Waals surface area contributed by atoms with Crippen LogP contribution in [0.15, 0.2) is 36.7 Å². The third kappa shape index (κ3) is 3.78. The van der Waals surface area contributed by atoms with Crippen LogP contribution in [-0.2, 0) is 11.3 Å². The topological polar surface area (TPSA) is 34.1 Å². The average molecular weight is 270 g/mol. The number of nitrogens with one attached hydrogen (secondary N) is 1. The van der Waals surface area contributed by atoms with Crippen LogP contribution in [0.25, 0.3) is 10.8 Å². The maximum absolute atomic E-state index is 5.63. The number of nitrogens with zero attached hydrogens (tertiary/aromatic N) is 1. The van der Waals surface area contributed by atoms with E-state index >= 15 is 0 Å². The molecule has 0 spiro atoms. The maximum Gasteiger partial charge on any atom is 0.0494 e. The normalized spacial score (nSPS) is 14.8. The molecule has 3 nitrogen and oxygen atoms in total. The van der Waals surface area contributed by atoms with Crippen molar-refractivity contribution in [1.82, 2.24) is 10.3 Å². The number of ether oxygens (including phenoxy) is 1. The Bertz CT molecular complexity index is 546. The molecule has 1 N–H and O–H groups in total. The molecule has 0 amide bonds. The van der Waals surface area contributed by atoms with Crippen molar-refractivity contribution in [3.8, 4) is 0 Å². The zero-order valence-electron chi connectivity index (χ0n) is 11.8. The van der Waals surface area contributed by atoms with E-state index in [1.807, 2.05) is 12.4 Å². The molecule has 0 atom stereocenters. The lowest BCUT2D eigenvalue weighted by molar-refractivity contribution is 0.122. The molecule has 1 aromatic heterocycles. The zero-order chi connectivity index (χ0) is 13.6. The van der Waals surface area contributed by atoms with E-state index in [2.05, 4.69) is 34.6 Å². The molecule has 1 aliphatic rings. The van der Waals surface area contributed by atoms with Gasteiger partial charge in [-0.05, 0) is 42.7 Å². The van der Waals surface area contributed by atoms with Gasteiger partial charge in [0, 0.05) is 37.5 Å². The second kappa shape index (κ2) is 6.82. The highest BCUT2D eigenvalue weighted by molar-refractivity contribution is 5.84. The first-order valence-corrected chi connectivity index (χ1v) is 7.53. The highest BCUT2D eigenvalue weighted by Crippen LogP contribution is 2.28. The molecule has 1 aliphatic carbocycles. The Hall–Kier alpha value is -1.45. The summed E-state index contributed by atoms with van der Waals surface area (Å²) in [5.74, 6) is 0.865. The summed E-state index contributed by atoms with van der Waals surface area (Å²) in [5, 5.41) is 5.98. The SMILES string of the molecule is c1ccc2c(CNCCCOCC3CC3)cncc2c1. The van der Waals surface area contributed by atoms with E-state index in [0.29, 0.717) is 0 Å². The molecule has 20 heavy (non-hydrogen) atoms. The highest BCUT2D eigenvalue weighted by Gasteiger charge is 2.20. The molecule has 1 saturated carbocycles. The van der Waals surface area contributed by atoms with Crippen LogP contribution in [0, 0.1) is 5.92 Å². The number of benzene rings is 1. The van der Waals surface area contributed by atoms with Crippen molar-refractivity contribution in [3.63, 3.8) is 0 Å². The van der Waals surface area contributed by atoms with Crippen molar-refractivity contribution >= 4 is 10.8 Å². The molecule has 106 valence electrons. The maximum atomic E-state index is 5.63. The molecule has 0 bridgehead atoms. The van der Waals surface area contributed by atoms with Crippen molar-refractivity contribution in [2.75, 3.05) is 19.8 Å². The summed E-state index contributed by atoms with van der Waals surface area (Å²) in [6, 6.07) is 8.40. The number of fused-ring (bicyclic) bond motifs is 1. The summed E-state index contributed by atoms with van der Waals surface area (Å²) in [7, 11) is 0. The molecule has 1 heterocycles. The minimum Gasteiger partial charge on any atom is -0.381 e. The van der Waals surface area contributed by atoms with Gasteiger partial charge in [-0.15, -0.1) is 0 Å². The molecule has 2 aromatic rings. The molecule has 1 fully saturated rings. The number of hydrogen-bond acceptors (Lipinski definition) is 3. The lowest BCUT2D eigenvalue weighted by Crippen LogP contribution is -2.17. The Kier molecular flexibility index (Phi) is 4.61. The van der Waals surface area contributed by atoms with Crippen LogP contribution < -0.4 is 5.32 Å². The minimum absolute atomic E-state index is 0.865. The van der Waals surface area contributed by atoms with Crippen molar-refractivity contribution in [2.45, 2.75) is 25.8 Å². The van der Waals surface area contributed by atoms with Gasteiger partial charge in [-0.25, -0.2) is 0 Å². The van der Waals surface area contributed by atoms with Crippen LogP contribution in [0.1, 0.15) is 24.8 Å². The summed E-state index contributed by atoms with van der Waals surface area (Å²) >= 11 is 0. The summed E-state index contributed by atoms with van der Waals surface area (Å²) in [6.07, 6.45) is 7.69. The lowest BCUT2D eigenvalue weighted by atomic mass is 10.1. The first-order chi connectivity index (χ1) is 9.93. The first kappa shape index (κ1) is 13.5. The van der Waals surface area contributed by atoms with Crippen molar-refractivity contribution in [1.29, 1.82) is 0 Å². The third-order valence-corrected chi connectivity index (χ3v) is 3.76. The molecule has 0 saturated heterocycles. The summed E-state index contributed by atoms with van der Waals surface area (Å²) < 4.78 is 5.63. The molecule has 0 radical (unpaired) electrons. The Morgan fingerprint density at radius 2 is 2.10 bits per heavy atom. The van der Waals surface area contributed by atoms with Gasteiger partial charge in [0.15, 0.2) is 0 Å². The molecular weight excluding hydrogens is 248 g/mol. The van der Waals surface area contributed by atoms with E-state index in [4.69, 9.17) is 4.74 Å². The van der Waals surface area contributed by atoms with Crippen molar-refractivity contribution in [3.05, 3.63) is 42.2 Å². The minimum atomic E-state index is 0.865. The molecular formula is C17H22N2O. The van der Waals surface area contributed by atoms with Crippen LogP contribution in [0.4, 0.5) is 0 Å².